The Morgan fingerprint density at radius 1 is 1.10 bits per heavy atom. The van der Waals surface area contributed by atoms with Crippen LogP contribution in [0.2, 0.25) is 0 Å². The molecule has 1 aromatic heterocycles. The largest absolute Gasteiger partial charge is 0.496 e. The minimum atomic E-state index is -0.363. The lowest BCUT2D eigenvalue weighted by Crippen LogP contribution is -2.24. The van der Waals surface area contributed by atoms with E-state index in [0.29, 0.717) is 11.6 Å². The van der Waals surface area contributed by atoms with E-state index in [0.717, 1.165) is 21.9 Å². The molecule has 144 valence electrons. The van der Waals surface area contributed by atoms with Crippen LogP contribution in [0.25, 0.3) is 22.2 Å². The molecule has 8 heteroatoms. The van der Waals surface area contributed by atoms with E-state index < -0.39 is 0 Å². The molecule has 0 aliphatic rings. The van der Waals surface area contributed by atoms with Crippen molar-refractivity contribution < 1.29 is 9.53 Å². The van der Waals surface area contributed by atoms with Crippen molar-refractivity contribution >= 4 is 22.9 Å². The summed E-state index contributed by atoms with van der Waals surface area (Å²) in [6.07, 6.45) is 1.57. The van der Waals surface area contributed by atoms with Crippen LogP contribution in [-0.4, -0.2) is 39.4 Å². The number of ether oxygens (including phenoxy) is 1. The average molecular weight is 386 g/mol. The third-order valence-corrected chi connectivity index (χ3v) is 4.30. The van der Waals surface area contributed by atoms with Crippen LogP contribution < -0.4 is 10.2 Å². The van der Waals surface area contributed by atoms with E-state index in [1.807, 2.05) is 66.7 Å². The summed E-state index contributed by atoms with van der Waals surface area (Å²) in [7, 11) is 1.60. The van der Waals surface area contributed by atoms with Crippen molar-refractivity contribution in [2.45, 2.75) is 6.54 Å². The Bertz CT molecular complexity index is 1170. The van der Waals surface area contributed by atoms with Gasteiger partial charge in [-0.25, -0.2) is 5.43 Å². The lowest BCUT2D eigenvalue weighted by atomic mass is 10.0. The molecule has 0 saturated carbocycles. The van der Waals surface area contributed by atoms with Gasteiger partial charge in [-0.3, -0.25) is 4.79 Å². The van der Waals surface area contributed by atoms with Crippen LogP contribution in [0.15, 0.2) is 71.8 Å². The second kappa shape index (κ2) is 8.30. The number of methoxy groups -OCH3 is 1. The molecule has 4 rings (SSSR count). The molecule has 0 unspecified atom stereocenters. The van der Waals surface area contributed by atoms with E-state index in [1.54, 1.807) is 13.3 Å². The monoisotopic (exact) mass is 386 g/mol. The summed E-state index contributed by atoms with van der Waals surface area (Å²) < 4.78 is 5.42. The van der Waals surface area contributed by atoms with Crippen molar-refractivity contribution in [1.29, 1.82) is 0 Å². The van der Waals surface area contributed by atoms with Crippen LogP contribution in [0.4, 0.5) is 0 Å². The standard InChI is InChI=1S/C21H18N6O2/c1-29-19-12-11-15-7-5-6-10-17(15)18(19)13-22-23-20(28)14-27-25-21(24-26-27)16-8-3-2-4-9-16/h2-13H,14H2,1H3,(H,23,28)/b22-13-. The number of hydrogen-bond donors (Lipinski definition) is 1. The Labute approximate surface area is 166 Å². The van der Waals surface area contributed by atoms with Crippen molar-refractivity contribution in [3.05, 3.63) is 72.3 Å². The third kappa shape index (κ3) is 4.11. The molecule has 0 atom stereocenters. The van der Waals surface area contributed by atoms with E-state index in [1.165, 1.54) is 4.80 Å². The van der Waals surface area contributed by atoms with Crippen molar-refractivity contribution in [3.63, 3.8) is 0 Å². The van der Waals surface area contributed by atoms with Gasteiger partial charge in [0, 0.05) is 11.1 Å². The number of nitrogens with one attached hydrogen (secondary N) is 1. The van der Waals surface area contributed by atoms with Crippen molar-refractivity contribution in [3.8, 4) is 17.1 Å². The molecule has 1 heterocycles. The minimum absolute atomic E-state index is 0.0934. The quantitative estimate of drug-likeness (QED) is 0.406. The summed E-state index contributed by atoms with van der Waals surface area (Å²) in [6.45, 7) is -0.0934. The van der Waals surface area contributed by atoms with Crippen molar-refractivity contribution in [2.24, 2.45) is 5.10 Å². The van der Waals surface area contributed by atoms with Gasteiger partial charge in [-0.1, -0.05) is 60.7 Å². The van der Waals surface area contributed by atoms with E-state index in [4.69, 9.17) is 4.74 Å². The molecule has 0 aliphatic carbocycles. The Morgan fingerprint density at radius 2 is 1.90 bits per heavy atom. The fourth-order valence-corrected chi connectivity index (χ4v) is 2.93. The molecular weight excluding hydrogens is 368 g/mol. The molecule has 4 aromatic rings. The predicted molar refractivity (Wildman–Crippen MR) is 109 cm³/mol. The molecule has 0 aliphatic heterocycles. The second-order valence-corrected chi connectivity index (χ2v) is 6.21. The number of nitrogens with zero attached hydrogens (tertiary/aromatic N) is 5. The van der Waals surface area contributed by atoms with Gasteiger partial charge in [-0.2, -0.15) is 9.90 Å². The van der Waals surface area contributed by atoms with Gasteiger partial charge in [0.1, 0.15) is 12.3 Å². The molecule has 0 bridgehead atoms. The first kappa shape index (κ1) is 18.3. The molecule has 3 aromatic carbocycles. The zero-order valence-electron chi connectivity index (χ0n) is 15.7. The highest BCUT2D eigenvalue weighted by Crippen LogP contribution is 2.26. The summed E-state index contributed by atoms with van der Waals surface area (Å²) in [5, 5.41) is 18.2. The maximum Gasteiger partial charge on any atom is 0.263 e. The molecule has 0 spiro atoms. The Balaban J connectivity index is 1.45. The van der Waals surface area contributed by atoms with Gasteiger partial charge >= 0.3 is 0 Å². The fourth-order valence-electron chi connectivity index (χ4n) is 2.93. The summed E-state index contributed by atoms with van der Waals surface area (Å²) in [5.74, 6) is 0.770. The molecular formula is C21H18N6O2. The lowest BCUT2D eigenvalue weighted by Gasteiger charge is -2.08. The topological polar surface area (TPSA) is 94.3 Å². The average Bonchev–Trinajstić information content (AvgIpc) is 3.23. The van der Waals surface area contributed by atoms with E-state index in [2.05, 4.69) is 25.9 Å². The number of hydrazone groups is 1. The maximum absolute atomic E-state index is 12.2. The van der Waals surface area contributed by atoms with Crippen LogP contribution in [0, 0.1) is 0 Å². The Hall–Kier alpha value is -4.07. The van der Waals surface area contributed by atoms with Gasteiger partial charge in [0.2, 0.25) is 5.82 Å². The fraction of sp³-hybridized carbons (Fsp3) is 0.0952. The molecule has 1 N–H and O–H groups in total. The van der Waals surface area contributed by atoms with Crippen LogP contribution in [0.3, 0.4) is 0 Å². The van der Waals surface area contributed by atoms with E-state index in [-0.39, 0.29) is 12.5 Å². The molecule has 8 nitrogen and oxygen atoms in total. The number of carbonyl (C=O) groups is 1. The number of hydrogen-bond acceptors (Lipinski definition) is 6. The summed E-state index contributed by atoms with van der Waals surface area (Å²) >= 11 is 0. The number of amides is 1. The zero-order chi connectivity index (χ0) is 20.1. The number of aromatic nitrogens is 4. The van der Waals surface area contributed by atoms with Crippen LogP contribution in [0.1, 0.15) is 5.56 Å². The minimum Gasteiger partial charge on any atom is -0.496 e. The summed E-state index contributed by atoms with van der Waals surface area (Å²) in [4.78, 5) is 13.4. The predicted octanol–water partition coefficient (Wildman–Crippen LogP) is 2.65. The third-order valence-electron chi connectivity index (χ3n) is 4.30. The second-order valence-electron chi connectivity index (χ2n) is 6.21. The Kier molecular flexibility index (Phi) is 5.24. The van der Waals surface area contributed by atoms with Crippen LogP contribution in [0.5, 0.6) is 5.75 Å². The first-order valence-electron chi connectivity index (χ1n) is 8.95. The molecule has 0 saturated heterocycles. The van der Waals surface area contributed by atoms with Gasteiger partial charge in [0.25, 0.3) is 5.91 Å². The van der Waals surface area contributed by atoms with Crippen LogP contribution >= 0.6 is 0 Å². The zero-order valence-corrected chi connectivity index (χ0v) is 15.7. The van der Waals surface area contributed by atoms with Gasteiger partial charge in [-0.05, 0) is 22.1 Å². The highest BCUT2D eigenvalue weighted by atomic mass is 16.5. The molecule has 1 amide bonds. The Morgan fingerprint density at radius 3 is 2.72 bits per heavy atom. The summed E-state index contributed by atoms with van der Waals surface area (Å²) in [5.41, 5.74) is 4.11. The highest BCUT2D eigenvalue weighted by molar-refractivity contribution is 6.02. The van der Waals surface area contributed by atoms with Crippen LogP contribution in [-0.2, 0) is 11.3 Å². The van der Waals surface area contributed by atoms with Gasteiger partial charge in [-0.15, -0.1) is 10.2 Å². The van der Waals surface area contributed by atoms with E-state index >= 15 is 0 Å². The number of carbonyl (C=O) groups excluding carboxylic acids is 1. The number of benzene rings is 3. The van der Waals surface area contributed by atoms with Crippen molar-refractivity contribution in [1.82, 2.24) is 25.6 Å². The van der Waals surface area contributed by atoms with Gasteiger partial charge < -0.3 is 4.74 Å². The van der Waals surface area contributed by atoms with Gasteiger partial charge in [0.15, 0.2) is 0 Å². The number of tetrazole rings is 1. The first-order valence-corrected chi connectivity index (χ1v) is 8.95. The first-order chi connectivity index (χ1) is 14.2. The van der Waals surface area contributed by atoms with Crippen molar-refractivity contribution in [2.75, 3.05) is 7.11 Å². The van der Waals surface area contributed by atoms with E-state index in [9.17, 15) is 4.79 Å². The lowest BCUT2D eigenvalue weighted by molar-refractivity contribution is -0.122. The highest BCUT2D eigenvalue weighted by Gasteiger charge is 2.09. The molecule has 29 heavy (non-hydrogen) atoms. The molecule has 0 fully saturated rings. The summed E-state index contributed by atoms with van der Waals surface area (Å²) in [6, 6.07) is 21.2. The SMILES string of the molecule is COc1ccc2ccccc2c1/C=N\NC(=O)Cn1nnc(-c2ccccc2)n1. The van der Waals surface area contributed by atoms with Gasteiger partial charge in [0.05, 0.1) is 13.3 Å². The number of rotatable bonds is 6. The maximum atomic E-state index is 12.2. The molecule has 0 radical (unpaired) electrons. The normalized spacial score (nSPS) is 11.1. The number of fused-ring (bicyclic) bond motifs is 1. The smallest absolute Gasteiger partial charge is 0.263 e.